The van der Waals surface area contributed by atoms with Crippen molar-refractivity contribution in [2.75, 3.05) is 17.2 Å². The van der Waals surface area contributed by atoms with Crippen molar-refractivity contribution in [3.8, 4) is 0 Å². The monoisotopic (exact) mass is 410 g/mol. The van der Waals surface area contributed by atoms with E-state index in [1.807, 2.05) is 12.1 Å². The van der Waals surface area contributed by atoms with Gasteiger partial charge in [0.05, 0.1) is 17.7 Å². The zero-order valence-electron chi connectivity index (χ0n) is 16.7. The van der Waals surface area contributed by atoms with E-state index in [0.717, 1.165) is 31.1 Å². The van der Waals surface area contributed by atoms with Gasteiger partial charge in [-0.25, -0.2) is 9.97 Å². The van der Waals surface area contributed by atoms with Crippen LogP contribution in [-0.2, 0) is 6.54 Å². The van der Waals surface area contributed by atoms with Crippen molar-refractivity contribution in [2.24, 2.45) is 0 Å². The molecule has 3 heterocycles. The highest BCUT2D eigenvalue weighted by molar-refractivity contribution is 5.93. The van der Waals surface area contributed by atoms with Gasteiger partial charge < -0.3 is 25.4 Å². The molecule has 0 aromatic carbocycles. The van der Waals surface area contributed by atoms with E-state index in [1.54, 1.807) is 29.4 Å². The summed E-state index contributed by atoms with van der Waals surface area (Å²) in [7, 11) is 0. The Bertz CT molecular complexity index is 1050. The van der Waals surface area contributed by atoms with E-state index in [4.69, 9.17) is 5.11 Å². The highest BCUT2D eigenvalue weighted by atomic mass is 16.3. The second-order valence-electron chi connectivity index (χ2n) is 7.58. The fraction of sp³-hybridized carbons (Fsp3) is 0.429. The Morgan fingerprint density at radius 2 is 2.00 bits per heavy atom. The summed E-state index contributed by atoms with van der Waals surface area (Å²) in [5.41, 5.74) is -0.141. The number of nitrogens with one attached hydrogen (secondary N) is 2. The molecule has 1 saturated carbocycles. The zero-order valence-corrected chi connectivity index (χ0v) is 16.7. The first-order chi connectivity index (χ1) is 14.6. The molecule has 0 radical (unpaired) electrons. The van der Waals surface area contributed by atoms with Gasteiger partial charge in [0.1, 0.15) is 17.5 Å². The molecule has 0 bridgehead atoms. The maximum Gasteiger partial charge on any atom is 0.262 e. The Balaban J connectivity index is 1.73. The molecule has 4 rings (SSSR count). The van der Waals surface area contributed by atoms with Crippen LogP contribution in [-0.4, -0.2) is 48.5 Å². The lowest BCUT2D eigenvalue weighted by Gasteiger charge is -2.27. The molecule has 1 aliphatic carbocycles. The Kier molecular flexibility index (Phi) is 6.20. The Hall–Kier alpha value is -3.04. The lowest BCUT2D eigenvalue weighted by molar-refractivity contribution is 0.126. The number of fused-ring (bicyclic) bond motifs is 1. The van der Waals surface area contributed by atoms with Gasteiger partial charge in [0.2, 0.25) is 0 Å². The fourth-order valence-electron chi connectivity index (χ4n) is 3.80. The molecule has 30 heavy (non-hydrogen) atoms. The molecule has 1 aliphatic rings. The number of rotatable bonds is 7. The standard InChI is InChI=1S/C21H26N6O3/c28-11-1-9-27-10-6-14-12-17(25-18-13-22-7-8-23-18)26-20(19(14)21(27)30)24-15-2-4-16(29)5-3-15/h6-8,10,12-13,15-16,28-29H,1-5,9,11H2,(H2,23,24,25,26)/t15-,16+. The maximum atomic E-state index is 13.1. The fourth-order valence-corrected chi connectivity index (χ4v) is 3.80. The topological polar surface area (TPSA) is 125 Å². The molecular formula is C21H26N6O3. The van der Waals surface area contributed by atoms with Crippen LogP contribution in [0.3, 0.4) is 0 Å². The molecule has 4 N–H and O–H groups in total. The van der Waals surface area contributed by atoms with E-state index in [-0.39, 0.29) is 24.3 Å². The Labute approximate surface area is 173 Å². The maximum absolute atomic E-state index is 13.1. The number of anilines is 3. The number of nitrogens with zero attached hydrogens (tertiary/aromatic N) is 4. The number of pyridine rings is 2. The summed E-state index contributed by atoms with van der Waals surface area (Å²) in [5.74, 6) is 1.64. The Morgan fingerprint density at radius 3 is 2.73 bits per heavy atom. The lowest BCUT2D eigenvalue weighted by Crippen LogP contribution is -2.30. The summed E-state index contributed by atoms with van der Waals surface area (Å²) in [6.07, 6.45) is 9.88. The van der Waals surface area contributed by atoms with E-state index in [9.17, 15) is 9.90 Å². The van der Waals surface area contributed by atoms with Crippen LogP contribution < -0.4 is 16.2 Å². The van der Waals surface area contributed by atoms with Gasteiger partial charge in [-0.05, 0) is 49.6 Å². The van der Waals surface area contributed by atoms with E-state index in [1.165, 1.54) is 0 Å². The first kappa shape index (κ1) is 20.2. The van der Waals surface area contributed by atoms with Gasteiger partial charge in [0.15, 0.2) is 0 Å². The van der Waals surface area contributed by atoms with Gasteiger partial charge in [-0.1, -0.05) is 0 Å². The summed E-state index contributed by atoms with van der Waals surface area (Å²) in [6, 6.07) is 3.84. The van der Waals surface area contributed by atoms with Gasteiger partial charge in [-0.3, -0.25) is 9.78 Å². The van der Waals surface area contributed by atoms with Gasteiger partial charge in [-0.15, -0.1) is 0 Å². The van der Waals surface area contributed by atoms with Crippen LogP contribution in [0.15, 0.2) is 41.7 Å². The number of aliphatic hydroxyl groups is 2. The van der Waals surface area contributed by atoms with Gasteiger partial charge >= 0.3 is 0 Å². The minimum atomic E-state index is -0.256. The summed E-state index contributed by atoms with van der Waals surface area (Å²) in [6.45, 7) is 0.471. The van der Waals surface area contributed by atoms with Gasteiger partial charge in [-0.2, -0.15) is 0 Å². The van der Waals surface area contributed by atoms with E-state index < -0.39 is 0 Å². The largest absolute Gasteiger partial charge is 0.396 e. The van der Waals surface area contributed by atoms with E-state index in [2.05, 4.69) is 25.6 Å². The first-order valence-corrected chi connectivity index (χ1v) is 10.3. The van der Waals surface area contributed by atoms with Crippen LogP contribution in [0.5, 0.6) is 0 Å². The van der Waals surface area contributed by atoms with Gasteiger partial charge in [0.25, 0.3) is 5.56 Å². The van der Waals surface area contributed by atoms with Gasteiger partial charge in [0, 0.05) is 37.8 Å². The van der Waals surface area contributed by atoms with Crippen molar-refractivity contribution in [1.29, 1.82) is 0 Å². The highest BCUT2D eigenvalue weighted by Gasteiger charge is 2.21. The lowest BCUT2D eigenvalue weighted by atomic mass is 9.93. The molecule has 0 spiro atoms. The predicted molar refractivity (Wildman–Crippen MR) is 115 cm³/mol. The van der Waals surface area contributed by atoms with Crippen molar-refractivity contribution < 1.29 is 10.2 Å². The molecular weight excluding hydrogens is 384 g/mol. The molecule has 3 aromatic heterocycles. The third-order valence-corrected chi connectivity index (χ3v) is 5.37. The third kappa shape index (κ3) is 4.58. The average molecular weight is 410 g/mol. The van der Waals surface area contributed by atoms with Crippen LogP contribution >= 0.6 is 0 Å². The number of aromatic nitrogens is 4. The van der Waals surface area contributed by atoms with Crippen LogP contribution in [0.1, 0.15) is 32.1 Å². The van der Waals surface area contributed by atoms with E-state index >= 15 is 0 Å². The van der Waals surface area contributed by atoms with Crippen LogP contribution in [0.2, 0.25) is 0 Å². The molecule has 158 valence electrons. The quantitative estimate of drug-likeness (QED) is 0.466. The number of hydrogen-bond donors (Lipinski definition) is 4. The van der Waals surface area contributed by atoms with Crippen molar-refractivity contribution in [2.45, 2.75) is 50.8 Å². The number of aryl methyl sites for hydroxylation is 1. The molecule has 9 nitrogen and oxygen atoms in total. The number of hydrogen-bond acceptors (Lipinski definition) is 8. The van der Waals surface area contributed by atoms with Crippen LogP contribution in [0, 0.1) is 0 Å². The zero-order chi connectivity index (χ0) is 20.9. The molecule has 0 aliphatic heterocycles. The van der Waals surface area contributed by atoms with Crippen molar-refractivity contribution in [3.63, 3.8) is 0 Å². The molecule has 1 fully saturated rings. The Morgan fingerprint density at radius 1 is 1.17 bits per heavy atom. The minimum absolute atomic E-state index is 0.0270. The van der Waals surface area contributed by atoms with Crippen molar-refractivity contribution in [3.05, 3.63) is 47.3 Å². The second-order valence-corrected chi connectivity index (χ2v) is 7.58. The van der Waals surface area contributed by atoms with Crippen LogP contribution in [0.4, 0.5) is 17.5 Å². The smallest absolute Gasteiger partial charge is 0.262 e. The molecule has 0 amide bonds. The molecule has 3 aromatic rings. The second kappa shape index (κ2) is 9.19. The average Bonchev–Trinajstić information content (AvgIpc) is 2.75. The van der Waals surface area contributed by atoms with Crippen molar-refractivity contribution in [1.82, 2.24) is 19.5 Å². The van der Waals surface area contributed by atoms with E-state index in [0.29, 0.717) is 35.8 Å². The normalized spacial score (nSPS) is 19.0. The number of aliphatic hydroxyl groups excluding tert-OH is 2. The summed E-state index contributed by atoms with van der Waals surface area (Å²) in [5, 5.41) is 26.8. The third-order valence-electron chi connectivity index (χ3n) is 5.37. The summed E-state index contributed by atoms with van der Waals surface area (Å²) < 4.78 is 1.60. The molecule has 0 unspecified atom stereocenters. The summed E-state index contributed by atoms with van der Waals surface area (Å²) >= 11 is 0. The molecule has 9 heteroatoms. The molecule has 0 atom stereocenters. The van der Waals surface area contributed by atoms with Crippen molar-refractivity contribution >= 4 is 28.2 Å². The molecule has 0 saturated heterocycles. The summed E-state index contributed by atoms with van der Waals surface area (Å²) in [4.78, 5) is 26.1. The SMILES string of the molecule is O=c1c2c(N[C@H]3CC[C@@H](O)CC3)nc(Nc3cnccn3)cc2ccn1CCCO. The predicted octanol–water partition coefficient (Wildman–Crippen LogP) is 2.03. The van der Waals surface area contributed by atoms with Crippen LogP contribution in [0.25, 0.3) is 10.8 Å². The highest BCUT2D eigenvalue weighted by Crippen LogP contribution is 2.27. The first-order valence-electron chi connectivity index (χ1n) is 10.3. The minimum Gasteiger partial charge on any atom is -0.396 e.